The van der Waals surface area contributed by atoms with Gasteiger partial charge in [-0.25, -0.2) is 0 Å². The number of nitrogens with one attached hydrogen (secondary N) is 2. The second-order valence-corrected chi connectivity index (χ2v) is 6.06. The molecule has 26 heavy (non-hydrogen) atoms. The predicted molar refractivity (Wildman–Crippen MR) is 99.4 cm³/mol. The number of ether oxygens (including phenoxy) is 3. The zero-order chi connectivity index (χ0) is 19.1. The Bertz CT molecular complexity index is 797. The van der Waals surface area contributed by atoms with Crippen molar-refractivity contribution in [1.29, 1.82) is 0 Å². The second-order valence-electron chi connectivity index (χ2n) is 5.20. The van der Waals surface area contributed by atoms with Crippen LogP contribution in [0.1, 0.15) is 17.3 Å². The molecule has 0 spiro atoms. The maximum absolute atomic E-state index is 12.1. The van der Waals surface area contributed by atoms with Gasteiger partial charge in [0.2, 0.25) is 0 Å². The van der Waals surface area contributed by atoms with Crippen molar-refractivity contribution in [2.24, 2.45) is 0 Å². The number of rotatable bonds is 6. The molecule has 1 unspecified atom stereocenters. The summed E-state index contributed by atoms with van der Waals surface area (Å²) in [5.41, 5.74) is 5.04. The van der Waals surface area contributed by atoms with Crippen LogP contribution in [0.5, 0.6) is 17.2 Å². The molecule has 8 heteroatoms. The molecular formula is C18H19BrN2O5. The van der Waals surface area contributed by atoms with E-state index in [1.54, 1.807) is 49.4 Å². The highest BCUT2D eigenvalue weighted by Gasteiger charge is 2.18. The molecule has 2 rings (SSSR count). The van der Waals surface area contributed by atoms with E-state index in [9.17, 15) is 9.59 Å². The molecule has 7 nitrogen and oxygen atoms in total. The Morgan fingerprint density at radius 1 is 0.962 bits per heavy atom. The van der Waals surface area contributed by atoms with Gasteiger partial charge >= 0.3 is 0 Å². The zero-order valence-electron chi connectivity index (χ0n) is 14.5. The van der Waals surface area contributed by atoms with Crippen LogP contribution in [0.3, 0.4) is 0 Å². The second kappa shape index (κ2) is 9.10. The molecule has 2 N–H and O–H groups in total. The highest BCUT2D eigenvalue weighted by atomic mass is 79.9. The standard InChI is InChI=1S/C18H19BrN2O5/c1-11(26-16-7-5-4-6-15(16)25-3)17(22)20-21-18(23)12-8-9-14(24-2)13(19)10-12/h4-11H,1-3H3,(H,20,22)(H,21,23). The number of hydrogen-bond acceptors (Lipinski definition) is 5. The lowest BCUT2D eigenvalue weighted by Gasteiger charge is -2.17. The van der Waals surface area contributed by atoms with Crippen molar-refractivity contribution in [3.05, 3.63) is 52.5 Å². The van der Waals surface area contributed by atoms with Gasteiger partial charge in [-0.15, -0.1) is 0 Å². The number of para-hydroxylation sites is 2. The van der Waals surface area contributed by atoms with Crippen LogP contribution in [-0.4, -0.2) is 32.1 Å². The summed E-state index contributed by atoms with van der Waals surface area (Å²) in [5.74, 6) is 0.578. The number of hydrazine groups is 1. The third-order valence-corrected chi connectivity index (χ3v) is 4.07. The van der Waals surface area contributed by atoms with E-state index in [1.807, 2.05) is 0 Å². The van der Waals surface area contributed by atoms with E-state index in [0.717, 1.165) is 0 Å². The molecule has 0 aliphatic heterocycles. The van der Waals surface area contributed by atoms with Crippen molar-refractivity contribution < 1.29 is 23.8 Å². The van der Waals surface area contributed by atoms with Crippen molar-refractivity contribution in [1.82, 2.24) is 10.9 Å². The molecule has 0 fully saturated rings. The number of carbonyl (C=O) groups is 2. The van der Waals surface area contributed by atoms with Crippen molar-refractivity contribution >= 4 is 27.7 Å². The average Bonchev–Trinajstić information content (AvgIpc) is 2.66. The largest absolute Gasteiger partial charge is 0.496 e. The fourth-order valence-corrected chi connectivity index (χ4v) is 2.60. The summed E-state index contributed by atoms with van der Waals surface area (Å²) in [5, 5.41) is 0. The van der Waals surface area contributed by atoms with Gasteiger partial charge in [0.25, 0.3) is 11.8 Å². The Labute approximate surface area is 159 Å². The Morgan fingerprint density at radius 3 is 2.23 bits per heavy atom. The Kier molecular flexibility index (Phi) is 6.85. The minimum atomic E-state index is -0.839. The molecule has 2 aromatic carbocycles. The molecule has 0 saturated carbocycles. The summed E-state index contributed by atoms with van der Waals surface area (Å²) >= 11 is 3.31. The fraction of sp³-hybridized carbons (Fsp3) is 0.222. The molecule has 2 aromatic rings. The smallest absolute Gasteiger partial charge is 0.279 e. The van der Waals surface area contributed by atoms with E-state index in [2.05, 4.69) is 26.8 Å². The van der Waals surface area contributed by atoms with Crippen LogP contribution in [0.25, 0.3) is 0 Å². The van der Waals surface area contributed by atoms with Gasteiger partial charge in [-0.05, 0) is 53.2 Å². The molecule has 2 amide bonds. The van der Waals surface area contributed by atoms with Crippen molar-refractivity contribution in [3.8, 4) is 17.2 Å². The first-order valence-electron chi connectivity index (χ1n) is 7.69. The van der Waals surface area contributed by atoms with Crippen molar-refractivity contribution in [2.45, 2.75) is 13.0 Å². The number of halogens is 1. The van der Waals surface area contributed by atoms with Crippen LogP contribution < -0.4 is 25.1 Å². The topological polar surface area (TPSA) is 85.9 Å². The number of hydrogen-bond donors (Lipinski definition) is 2. The highest BCUT2D eigenvalue weighted by molar-refractivity contribution is 9.10. The first kappa shape index (κ1) is 19.6. The van der Waals surface area contributed by atoms with E-state index >= 15 is 0 Å². The number of methoxy groups -OCH3 is 2. The van der Waals surface area contributed by atoms with Crippen LogP contribution >= 0.6 is 15.9 Å². The summed E-state index contributed by atoms with van der Waals surface area (Å²) in [6.45, 7) is 1.57. The average molecular weight is 423 g/mol. The zero-order valence-corrected chi connectivity index (χ0v) is 16.1. The molecule has 0 aromatic heterocycles. The SMILES string of the molecule is COc1ccc(C(=O)NNC(=O)C(C)Oc2ccccc2OC)cc1Br. The van der Waals surface area contributed by atoms with E-state index in [-0.39, 0.29) is 0 Å². The van der Waals surface area contributed by atoms with E-state index in [0.29, 0.717) is 27.3 Å². The minimum Gasteiger partial charge on any atom is -0.496 e. The maximum atomic E-state index is 12.1. The summed E-state index contributed by atoms with van der Waals surface area (Å²) in [7, 11) is 3.04. The van der Waals surface area contributed by atoms with Crippen LogP contribution in [-0.2, 0) is 4.79 Å². The minimum absolute atomic E-state index is 0.358. The molecule has 0 saturated heterocycles. The lowest BCUT2D eigenvalue weighted by Crippen LogP contribution is -2.47. The summed E-state index contributed by atoms with van der Waals surface area (Å²) in [6.07, 6.45) is -0.839. The molecule has 0 bridgehead atoms. The molecule has 0 aliphatic carbocycles. The van der Waals surface area contributed by atoms with Crippen LogP contribution in [0.4, 0.5) is 0 Å². The summed E-state index contributed by atoms with van der Waals surface area (Å²) in [6, 6.07) is 11.8. The number of benzene rings is 2. The fourth-order valence-electron chi connectivity index (χ4n) is 2.06. The lowest BCUT2D eigenvalue weighted by molar-refractivity contribution is -0.128. The van der Waals surface area contributed by atoms with E-state index in [4.69, 9.17) is 14.2 Å². The lowest BCUT2D eigenvalue weighted by atomic mass is 10.2. The van der Waals surface area contributed by atoms with Gasteiger partial charge in [0.1, 0.15) is 5.75 Å². The Hall–Kier alpha value is -2.74. The van der Waals surface area contributed by atoms with E-state index < -0.39 is 17.9 Å². The Balaban J connectivity index is 1.93. The molecule has 0 aliphatic rings. The van der Waals surface area contributed by atoms with Crippen LogP contribution in [0.15, 0.2) is 46.9 Å². The Morgan fingerprint density at radius 2 is 1.62 bits per heavy atom. The third-order valence-electron chi connectivity index (χ3n) is 3.46. The van der Waals surface area contributed by atoms with Gasteiger partial charge < -0.3 is 14.2 Å². The van der Waals surface area contributed by atoms with Gasteiger partial charge in [0.05, 0.1) is 18.7 Å². The predicted octanol–water partition coefficient (Wildman–Crippen LogP) is 2.69. The van der Waals surface area contributed by atoms with E-state index in [1.165, 1.54) is 14.2 Å². The van der Waals surface area contributed by atoms with Gasteiger partial charge in [-0.1, -0.05) is 12.1 Å². The number of carbonyl (C=O) groups excluding carboxylic acids is 2. The molecule has 0 radical (unpaired) electrons. The monoisotopic (exact) mass is 422 g/mol. The maximum Gasteiger partial charge on any atom is 0.279 e. The van der Waals surface area contributed by atoms with Gasteiger partial charge in [0.15, 0.2) is 17.6 Å². The molecular weight excluding hydrogens is 404 g/mol. The first-order chi connectivity index (χ1) is 12.5. The quantitative estimate of drug-likeness (QED) is 0.698. The van der Waals surface area contributed by atoms with Crippen LogP contribution in [0, 0.1) is 0 Å². The third kappa shape index (κ3) is 4.89. The summed E-state index contributed by atoms with van der Waals surface area (Å²) in [4.78, 5) is 24.3. The molecule has 1 atom stereocenters. The van der Waals surface area contributed by atoms with Gasteiger partial charge in [-0.3, -0.25) is 20.4 Å². The van der Waals surface area contributed by atoms with Crippen LogP contribution in [0.2, 0.25) is 0 Å². The first-order valence-corrected chi connectivity index (χ1v) is 8.49. The van der Waals surface area contributed by atoms with Gasteiger partial charge in [-0.2, -0.15) is 0 Å². The van der Waals surface area contributed by atoms with Crippen molar-refractivity contribution in [3.63, 3.8) is 0 Å². The summed E-state index contributed by atoms with van der Waals surface area (Å²) < 4.78 is 16.5. The normalized spacial score (nSPS) is 11.2. The van der Waals surface area contributed by atoms with Crippen molar-refractivity contribution in [2.75, 3.05) is 14.2 Å². The molecule has 0 heterocycles. The highest BCUT2D eigenvalue weighted by Crippen LogP contribution is 2.27. The van der Waals surface area contributed by atoms with Gasteiger partial charge in [0, 0.05) is 5.56 Å². The molecule has 138 valence electrons. The number of amides is 2.